The quantitative estimate of drug-likeness (QED) is 0.518. The molecule has 0 aliphatic carbocycles. The van der Waals surface area contributed by atoms with Gasteiger partial charge in [0, 0.05) is 24.5 Å². The van der Waals surface area contributed by atoms with E-state index < -0.39 is 0 Å². The van der Waals surface area contributed by atoms with Crippen LogP contribution in [0.25, 0.3) is 0 Å². The van der Waals surface area contributed by atoms with E-state index in [1.807, 2.05) is 61.5 Å². The van der Waals surface area contributed by atoms with Crippen LogP contribution < -0.4 is 14.8 Å². The van der Waals surface area contributed by atoms with Crippen LogP contribution in [0.1, 0.15) is 12.5 Å². The van der Waals surface area contributed by atoms with Crippen LogP contribution in [0.2, 0.25) is 0 Å². The Labute approximate surface area is 167 Å². The van der Waals surface area contributed by atoms with E-state index in [2.05, 4.69) is 41.5 Å². The van der Waals surface area contributed by atoms with Gasteiger partial charge in [-0.1, -0.05) is 30.3 Å². The number of likely N-dealkylation sites (N-methyl/N-ethyl adjacent to an activating group) is 1. The van der Waals surface area contributed by atoms with Gasteiger partial charge in [-0.25, -0.2) is 0 Å². The van der Waals surface area contributed by atoms with Gasteiger partial charge in [0.25, 0.3) is 0 Å². The maximum atomic E-state index is 5.88. The van der Waals surface area contributed by atoms with Gasteiger partial charge in [-0.2, -0.15) is 0 Å². The number of nitrogens with one attached hydrogen (secondary N) is 1. The molecule has 0 aliphatic rings. The molecule has 3 aromatic carbocycles. The van der Waals surface area contributed by atoms with Crippen molar-refractivity contribution in [1.82, 2.24) is 4.90 Å². The fourth-order valence-corrected chi connectivity index (χ4v) is 2.90. The summed E-state index contributed by atoms with van der Waals surface area (Å²) in [6.07, 6.45) is 0. The van der Waals surface area contributed by atoms with Crippen LogP contribution in [-0.4, -0.2) is 31.7 Å². The molecule has 0 aliphatic heterocycles. The molecule has 4 nitrogen and oxygen atoms in total. The third-order valence-corrected chi connectivity index (χ3v) is 4.35. The molecule has 0 heterocycles. The fourth-order valence-electron chi connectivity index (χ4n) is 2.90. The minimum Gasteiger partial charge on any atom is -0.494 e. The summed E-state index contributed by atoms with van der Waals surface area (Å²) in [5, 5.41) is 3.38. The SMILES string of the molecule is CCOc1ccc(Nc2ccc(OCCN(C)Cc3ccccc3)cc2)cc1. The number of benzene rings is 3. The van der Waals surface area contributed by atoms with Gasteiger partial charge in [0.15, 0.2) is 0 Å². The molecular formula is C24H28N2O2. The lowest BCUT2D eigenvalue weighted by atomic mass is 10.2. The Hall–Kier alpha value is -2.98. The molecule has 28 heavy (non-hydrogen) atoms. The number of hydrogen-bond donors (Lipinski definition) is 1. The second kappa shape index (κ2) is 10.4. The topological polar surface area (TPSA) is 33.7 Å². The highest BCUT2D eigenvalue weighted by molar-refractivity contribution is 5.61. The third-order valence-electron chi connectivity index (χ3n) is 4.35. The largest absolute Gasteiger partial charge is 0.494 e. The maximum Gasteiger partial charge on any atom is 0.119 e. The van der Waals surface area contributed by atoms with Crippen molar-refractivity contribution in [3.05, 3.63) is 84.4 Å². The molecule has 0 spiro atoms. The first-order valence-corrected chi connectivity index (χ1v) is 9.68. The highest BCUT2D eigenvalue weighted by Gasteiger charge is 2.02. The van der Waals surface area contributed by atoms with E-state index in [-0.39, 0.29) is 0 Å². The van der Waals surface area contributed by atoms with Crippen LogP contribution in [0.15, 0.2) is 78.9 Å². The van der Waals surface area contributed by atoms with Gasteiger partial charge in [-0.15, -0.1) is 0 Å². The summed E-state index contributed by atoms with van der Waals surface area (Å²) in [5.74, 6) is 1.76. The normalized spacial score (nSPS) is 10.7. The number of rotatable bonds is 10. The molecular weight excluding hydrogens is 348 g/mol. The van der Waals surface area contributed by atoms with E-state index in [0.29, 0.717) is 13.2 Å². The van der Waals surface area contributed by atoms with E-state index in [9.17, 15) is 0 Å². The van der Waals surface area contributed by atoms with Crippen LogP contribution >= 0.6 is 0 Å². The lowest BCUT2D eigenvalue weighted by Gasteiger charge is -2.17. The standard InChI is InChI=1S/C24H28N2O2/c1-3-27-23-13-9-21(10-14-23)25-22-11-15-24(16-12-22)28-18-17-26(2)19-20-7-5-4-6-8-20/h4-16,25H,3,17-19H2,1-2H3. The van der Waals surface area contributed by atoms with Crippen molar-refractivity contribution in [2.75, 3.05) is 32.1 Å². The first kappa shape index (κ1) is 19.8. The zero-order chi connectivity index (χ0) is 19.6. The molecule has 0 radical (unpaired) electrons. The molecule has 3 aromatic rings. The van der Waals surface area contributed by atoms with Crippen molar-refractivity contribution in [1.29, 1.82) is 0 Å². The average molecular weight is 376 g/mol. The van der Waals surface area contributed by atoms with Crippen molar-refractivity contribution in [2.24, 2.45) is 0 Å². The zero-order valence-electron chi connectivity index (χ0n) is 16.6. The Balaban J connectivity index is 1.42. The minimum absolute atomic E-state index is 0.662. The average Bonchev–Trinajstić information content (AvgIpc) is 2.72. The third kappa shape index (κ3) is 6.32. The van der Waals surface area contributed by atoms with Crippen molar-refractivity contribution >= 4 is 11.4 Å². The van der Waals surface area contributed by atoms with Crippen molar-refractivity contribution in [3.63, 3.8) is 0 Å². The Morgan fingerprint density at radius 2 is 1.32 bits per heavy atom. The molecule has 0 aromatic heterocycles. The van der Waals surface area contributed by atoms with Gasteiger partial charge in [-0.3, -0.25) is 4.90 Å². The second-order valence-electron chi connectivity index (χ2n) is 6.68. The Morgan fingerprint density at radius 3 is 1.89 bits per heavy atom. The van der Waals surface area contributed by atoms with Crippen molar-refractivity contribution < 1.29 is 9.47 Å². The lowest BCUT2D eigenvalue weighted by Crippen LogP contribution is -2.23. The lowest BCUT2D eigenvalue weighted by molar-refractivity contribution is 0.233. The summed E-state index contributed by atoms with van der Waals surface area (Å²) in [7, 11) is 2.11. The Kier molecular flexibility index (Phi) is 7.33. The van der Waals surface area contributed by atoms with E-state index in [1.165, 1.54) is 5.56 Å². The van der Waals surface area contributed by atoms with E-state index >= 15 is 0 Å². The smallest absolute Gasteiger partial charge is 0.119 e. The van der Waals surface area contributed by atoms with Crippen LogP contribution in [0.4, 0.5) is 11.4 Å². The predicted octanol–water partition coefficient (Wildman–Crippen LogP) is 5.34. The number of ether oxygens (including phenoxy) is 2. The molecule has 4 heteroatoms. The molecule has 146 valence electrons. The number of nitrogens with zero attached hydrogens (tertiary/aromatic N) is 1. The molecule has 1 N–H and O–H groups in total. The molecule has 0 saturated heterocycles. The van der Waals surface area contributed by atoms with E-state index in [4.69, 9.17) is 9.47 Å². The highest BCUT2D eigenvalue weighted by Crippen LogP contribution is 2.22. The second-order valence-corrected chi connectivity index (χ2v) is 6.68. The van der Waals surface area contributed by atoms with Gasteiger partial charge < -0.3 is 14.8 Å². The first-order valence-electron chi connectivity index (χ1n) is 9.68. The summed E-state index contributed by atoms with van der Waals surface area (Å²) in [4.78, 5) is 2.26. The maximum absolute atomic E-state index is 5.88. The van der Waals surface area contributed by atoms with Crippen LogP contribution in [0.5, 0.6) is 11.5 Å². The Morgan fingerprint density at radius 1 is 0.750 bits per heavy atom. The van der Waals surface area contributed by atoms with Crippen molar-refractivity contribution in [3.8, 4) is 11.5 Å². The van der Waals surface area contributed by atoms with Crippen LogP contribution in [0.3, 0.4) is 0 Å². The fraction of sp³-hybridized carbons (Fsp3) is 0.250. The van der Waals surface area contributed by atoms with E-state index in [1.54, 1.807) is 0 Å². The van der Waals surface area contributed by atoms with Crippen LogP contribution in [0, 0.1) is 0 Å². The predicted molar refractivity (Wildman–Crippen MR) is 116 cm³/mol. The molecule has 0 atom stereocenters. The zero-order valence-corrected chi connectivity index (χ0v) is 16.6. The first-order chi connectivity index (χ1) is 13.7. The molecule has 0 unspecified atom stereocenters. The summed E-state index contributed by atoms with van der Waals surface area (Å²) >= 11 is 0. The monoisotopic (exact) mass is 376 g/mol. The highest BCUT2D eigenvalue weighted by atomic mass is 16.5. The van der Waals surface area contributed by atoms with Gasteiger partial charge in [0.05, 0.1) is 6.61 Å². The number of hydrogen-bond acceptors (Lipinski definition) is 4. The minimum atomic E-state index is 0.662. The summed E-state index contributed by atoms with van der Waals surface area (Å²) in [6.45, 7) is 5.12. The van der Waals surface area contributed by atoms with Gasteiger partial charge in [-0.05, 0) is 68.1 Å². The molecule has 0 fully saturated rings. The van der Waals surface area contributed by atoms with Crippen molar-refractivity contribution in [2.45, 2.75) is 13.5 Å². The molecule has 0 saturated carbocycles. The van der Waals surface area contributed by atoms with Gasteiger partial charge in [0.1, 0.15) is 18.1 Å². The van der Waals surface area contributed by atoms with Crippen LogP contribution in [-0.2, 0) is 6.54 Å². The summed E-state index contributed by atoms with van der Waals surface area (Å²) in [5.41, 5.74) is 3.37. The molecule has 3 rings (SSSR count). The summed E-state index contributed by atoms with van der Waals surface area (Å²) < 4.78 is 11.3. The summed E-state index contributed by atoms with van der Waals surface area (Å²) in [6, 6.07) is 26.5. The van der Waals surface area contributed by atoms with Gasteiger partial charge in [0.2, 0.25) is 0 Å². The van der Waals surface area contributed by atoms with Gasteiger partial charge >= 0.3 is 0 Å². The molecule has 0 bridgehead atoms. The van der Waals surface area contributed by atoms with E-state index in [0.717, 1.165) is 36.0 Å². The molecule has 0 amide bonds. The Bertz CT molecular complexity index is 817. The number of anilines is 2.